The van der Waals surface area contributed by atoms with Gasteiger partial charge < -0.3 is 20.3 Å². The molecule has 1 saturated carbocycles. The summed E-state index contributed by atoms with van der Waals surface area (Å²) in [5.74, 6) is 1.41. The first-order valence-electron chi connectivity index (χ1n) is 8.77. The predicted octanol–water partition coefficient (Wildman–Crippen LogP) is 1.58. The molecule has 3 heterocycles. The molecule has 1 atom stereocenters. The largest absolute Gasteiger partial charge is 0.370 e. The first-order chi connectivity index (χ1) is 11.1. The summed E-state index contributed by atoms with van der Waals surface area (Å²) < 4.78 is 6.31. The van der Waals surface area contributed by atoms with E-state index in [0.29, 0.717) is 18.6 Å². The van der Waals surface area contributed by atoms with Crippen LogP contribution in [0.15, 0.2) is 0 Å². The lowest BCUT2D eigenvalue weighted by atomic mass is 9.91. The van der Waals surface area contributed by atoms with E-state index in [1.54, 1.807) is 0 Å². The van der Waals surface area contributed by atoms with Crippen LogP contribution in [0.1, 0.15) is 43.4 Å². The quantitative estimate of drug-likeness (QED) is 0.893. The number of ether oxygens (including phenoxy) is 1. The molecule has 0 radical (unpaired) electrons. The number of likely N-dealkylation sites (N-methyl/N-ethyl adjacent to an activating group) is 1. The molecular weight excluding hydrogens is 290 g/mol. The Labute approximate surface area is 138 Å². The van der Waals surface area contributed by atoms with Gasteiger partial charge in [-0.15, -0.1) is 0 Å². The van der Waals surface area contributed by atoms with Gasteiger partial charge in [0.1, 0.15) is 5.82 Å². The first-order valence-corrected chi connectivity index (χ1v) is 8.77. The first kappa shape index (κ1) is 15.1. The molecule has 2 aliphatic heterocycles. The fraction of sp³-hybridized carbons (Fsp3) is 0.765. The summed E-state index contributed by atoms with van der Waals surface area (Å²) in [6.07, 6.45) is 6.89. The highest BCUT2D eigenvalue weighted by molar-refractivity contribution is 5.53. The zero-order chi connectivity index (χ0) is 16.0. The summed E-state index contributed by atoms with van der Waals surface area (Å²) in [5.41, 5.74) is 8.33. The highest BCUT2D eigenvalue weighted by Crippen LogP contribution is 2.42. The van der Waals surface area contributed by atoms with E-state index in [-0.39, 0.29) is 5.60 Å². The van der Waals surface area contributed by atoms with Gasteiger partial charge in [-0.3, -0.25) is 0 Å². The van der Waals surface area contributed by atoms with Gasteiger partial charge in [0.2, 0.25) is 5.95 Å². The Morgan fingerprint density at radius 1 is 1.26 bits per heavy atom. The molecule has 23 heavy (non-hydrogen) atoms. The topological polar surface area (TPSA) is 67.5 Å². The Bertz CT molecular complexity index is 597. The Balaban J connectivity index is 1.63. The summed E-state index contributed by atoms with van der Waals surface area (Å²) in [6, 6.07) is 0.576. The van der Waals surface area contributed by atoms with Crippen molar-refractivity contribution >= 4 is 11.8 Å². The number of rotatable bonds is 2. The summed E-state index contributed by atoms with van der Waals surface area (Å²) in [4.78, 5) is 13.8. The van der Waals surface area contributed by atoms with Crippen LogP contribution in [-0.2, 0) is 17.8 Å². The van der Waals surface area contributed by atoms with Gasteiger partial charge in [0, 0.05) is 31.1 Å². The SMILES string of the molecule is CN(C)[C@@H]1CCN(c2nc(N)nc3c2COC2(CCCC2)C3)C1. The number of nitrogens with two attached hydrogens (primary N) is 1. The highest BCUT2D eigenvalue weighted by atomic mass is 16.5. The van der Waals surface area contributed by atoms with Crippen molar-refractivity contribution in [3.63, 3.8) is 0 Å². The van der Waals surface area contributed by atoms with Crippen LogP contribution in [0.25, 0.3) is 0 Å². The van der Waals surface area contributed by atoms with E-state index in [2.05, 4.69) is 33.9 Å². The average molecular weight is 317 g/mol. The molecule has 4 rings (SSSR count). The molecule has 1 aliphatic carbocycles. The minimum atomic E-state index is 0.0161. The molecule has 3 aliphatic rings. The minimum absolute atomic E-state index is 0.0161. The van der Waals surface area contributed by atoms with Gasteiger partial charge in [-0.25, -0.2) is 4.98 Å². The molecule has 0 bridgehead atoms. The van der Waals surface area contributed by atoms with E-state index >= 15 is 0 Å². The van der Waals surface area contributed by atoms with Crippen LogP contribution < -0.4 is 10.6 Å². The maximum atomic E-state index is 6.31. The van der Waals surface area contributed by atoms with Crippen LogP contribution in [0.2, 0.25) is 0 Å². The van der Waals surface area contributed by atoms with Gasteiger partial charge in [-0.1, -0.05) is 12.8 Å². The van der Waals surface area contributed by atoms with Crippen molar-refractivity contribution in [2.45, 2.75) is 56.8 Å². The molecule has 2 N–H and O–H groups in total. The number of aromatic nitrogens is 2. The number of anilines is 2. The van der Waals surface area contributed by atoms with E-state index in [1.165, 1.54) is 12.8 Å². The lowest BCUT2D eigenvalue weighted by molar-refractivity contribution is -0.0633. The van der Waals surface area contributed by atoms with Crippen molar-refractivity contribution < 1.29 is 4.74 Å². The summed E-state index contributed by atoms with van der Waals surface area (Å²) in [5, 5.41) is 0. The molecule has 2 fully saturated rings. The van der Waals surface area contributed by atoms with Crippen LogP contribution in [0, 0.1) is 0 Å². The minimum Gasteiger partial charge on any atom is -0.370 e. The molecule has 6 nitrogen and oxygen atoms in total. The predicted molar refractivity (Wildman–Crippen MR) is 90.4 cm³/mol. The maximum absolute atomic E-state index is 6.31. The van der Waals surface area contributed by atoms with Gasteiger partial charge in [-0.05, 0) is 33.4 Å². The third-order valence-electron chi connectivity index (χ3n) is 5.81. The average Bonchev–Trinajstić information content (AvgIpc) is 3.16. The van der Waals surface area contributed by atoms with E-state index in [0.717, 1.165) is 55.8 Å². The molecule has 1 aromatic heterocycles. The number of nitrogens with zero attached hydrogens (tertiary/aromatic N) is 4. The van der Waals surface area contributed by atoms with Crippen molar-refractivity contribution in [3.8, 4) is 0 Å². The van der Waals surface area contributed by atoms with Gasteiger partial charge in [0.15, 0.2) is 0 Å². The second-order valence-corrected chi connectivity index (χ2v) is 7.54. The number of fused-ring (bicyclic) bond motifs is 1. The lowest BCUT2D eigenvalue weighted by Gasteiger charge is -2.36. The number of nitrogen functional groups attached to an aromatic ring is 1. The van der Waals surface area contributed by atoms with Crippen molar-refractivity contribution in [1.82, 2.24) is 14.9 Å². The van der Waals surface area contributed by atoms with Crippen molar-refractivity contribution in [3.05, 3.63) is 11.3 Å². The van der Waals surface area contributed by atoms with Crippen molar-refractivity contribution in [2.24, 2.45) is 0 Å². The fourth-order valence-electron chi connectivity index (χ4n) is 4.37. The number of hydrogen-bond donors (Lipinski definition) is 1. The molecule has 1 aromatic rings. The van der Waals surface area contributed by atoms with E-state index in [1.807, 2.05) is 0 Å². The fourth-order valence-corrected chi connectivity index (χ4v) is 4.37. The smallest absolute Gasteiger partial charge is 0.222 e. The van der Waals surface area contributed by atoms with Gasteiger partial charge in [0.25, 0.3) is 0 Å². The highest BCUT2D eigenvalue weighted by Gasteiger charge is 2.41. The van der Waals surface area contributed by atoms with Crippen molar-refractivity contribution in [1.29, 1.82) is 0 Å². The second kappa shape index (κ2) is 5.60. The molecule has 0 amide bonds. The Morgan fingerprint density at radius 3 is 2.74 bits per heavy atom. The van der Waals surface area contributed by atoms with E-state index < -0.39 is 0 Å². The van der Waals surface area contributed by atoms with Crippen LogP contribution in [0.5, 0.6) is 0 Å². The molecule has 0 unspecified atom stereocenters. The van der Waals surface area contributed by atoms with Crippen LogP contribution in [-0.4, -0.2) is 53.7 Å². The third-order valence-corrected chi connectivity index (χ3v) is 5.81. The summed E-state index contributed by atoms with van der Waals surface area (Å²) in [6.45, 7) is 2.66. The van der Waals surface area contributed by atoms with E-state index in [4.69, 9.17) is 10.5 Å². The number of hydrogen-bond acceptors (Lipinski definition) is 6. The van der Waals surface area contributed by atoms with E-state index in [9.17, 15) is 0 Å². The van der Waals surface area contributed by atoms with Gasteiger partial charge >= 0.3 is 0 Å². The summed E-state index contributed by atoms with van der Waals surface area (Å²) in [7, 11) is 4.29. The van der Waals surface area contributed by atoms with Crippen LogP contribution >= 0.6 is 0 Å². The zero-order valence-corrected chi connectivity index (χ0v) is 14.2. The van der Waals surface area contributed by atoms with Crippen molar-refractivity contribution in [2.75, 3.05) is 37.8 Å². The molecule has 1 saturated heterocycles. The molecular formula is C17H27N5O. The van der Waals surface area contributed by atoms with Gasteiger partial charge in [0.05, 0.1) is 17.9 Å². The monoisotopic (exact) mass is 317 g/mol. The third kappa shape index (κ3) is 2.68. The van der Waals surface area contributed by atoms with Crippen LogP contribution in [0.3, 0.4) is 0 Å². The Morgan fingerprint density at radius 2 is 2.04 bits per heavy atom. The lowest BCUT2D eigenvalue weighted by Crippen LogP contribution is -2.38. The van der Waals surface area contributed by atoms with Crippen LogP contribution in [0.4, 0.5) is 11.8 Å². The summed E-state index contributed by atoms with van der Waals surface area (Å²) >= 11 is 0. The standard InChI is InChI=1S/C17H27N5O/c1-21(2)12-5-8-22(10-12)15-13-11-23-17(6-3-4-7-17)9-14(13)19-16(18)20-15/h12H,3-11H2,1-2H3,(H2,18,19,20)/t12-/m1/s1. The Kier molecular flexibility index (Phi) is 3.69. The molecule has 6 heteroatoms. The molecule has 0 aromatic carbocycles. The Hall–Kier alpha value is -1.40. The molecule has 126 valence electrons. The maximum Gasteiger partial charge on any atom is 0.222 e. The second-order valence-electron chi connectivity index (χ2n) is 7.54. The molecule has 1 spiro atoms. The van der Waals surface area contributed by atoms with Gasteiger partial charge in [-0.2, -0.15) is 4.98 Å². The normalized spacial score (nSPS) is 26.2. The zero-order valence-electron chi connectivity index (χ0n) is 14.2.